The number of methoxy groups -OCH3 is 1. The molecule has 0 spiro atoms. The molecule has 5 heteroatoms. The van der Waals surface area contributed by atoms with Crippen molar-refractivity contribution in [3.63, 3.8) is 0 Å². The lowest BCUT2D eigenvalue weighted by molar-refractivity contribution is 0.367. The quantitative estimate of drug-likeness (QED) is 0.415. The molecular weight excluding hydrogens is 344 g/mol. The first-order valence-electron chi connectivity index (χ1n) is 8.83. The van der Waals surface area contributed by atoms with Gasteiger partial charge in [-0.15, -0.1) is 6.58 Å². The Labute approximate surface area is 159 Å². The number of phenols is 4. The van der Waals surface area contributed by atoms with Crippen LogP contribution in [0.2, 0.25) is 0 Å². The number of hydrogen-bond acceptors (Lipinski definition) is 5. The smallest absolute Gasteiger partial charge is 0.167 e. The van der Waals surface area contributed by atoms with E-state index in [9.17, 15) is 20.4 Å². The predicted octanol–water partition coefficient (Wildman–Crippen LogP) is 5.17. The van der Waals surface area contributed by atoms with Crippen molar-refractivity contribution in [1.82, 2.24) is 0 Å². The first-order chi connectivity index (χ1) is 12.6. The van der Waals surface area contributed by atoms with Crippen LogP contribution in [0.3, 0.4) is 0 Å². The topological polar surface area (TPSA) is 90.2 Å². The average molecular weight is 372 g/mol. The number of hydrogen-bond donors (Lipinski definition) is 4. The summed E-state index contributed by atoms with van der Waals surface area (Å²) >= 11 is 0. The molecule has 1 unspecified atom stereocenters. The third-order valence-corrected chi connectivity index (χ3v) is 5.12. The third kappa shape index (κ3) is 3.42. The molecule has 27 heavy (non-hydrogen) atoms. The molecule has 0 aliphatic rings. The van der Waals surface area contributed by atoms with Gasteiger partial charge in [0.15, 0.2) is 11.5 Å². The first-order valence-corrected chi connectivity index (χ1v) is 8.83. The summed E-state index contributed by atoms with van der Waals surface area (Å²) in [7, 11) is 1.37. The SMILES string of the molecule is C=CC(C)(CCC=C(C)C)c1c(O)cc2c(O)c(OC)c(C)c(O)c2c1O. The molecule has 0 saturated carbocycles. The lowest BCUT2D eigenvalue weighted by Crippen LogP contribution is -2.19. The summed E-state index contributed by atoms with van der Waals surface area (Å²) in [6.45, 7) is 11.3. The van der Waals surface area contributed by atoms with Gasteiger partial charge in [-0.25, -0.2) is 0 Å². The van der Waals surface area contributed by atoms with Crippen LogP contribution in [0, 0.1) is 6.92 Å². The van der Waals surface area contributed by atoms with Crippen molar-refractivity contribution in [3.05, 3.63) is 41.5 Å². The van der Waals surface area contributed by atoms with Gasteiger partial charge in [-0.05, 0) is 39.7 Å². The molecule has 0 aromatic heterocycles. The van der Waals surface area contributed by atoms with Gasteiger partial charge >= 0.3 is 0 Å². The van der Waals surface area contributed by atoms with E-state index in [-0.39, 0.29) is 45.1 Å². The van der Waals surface area contributed by atoms with Gasteiger partial charge in [0.1, 0.15) is 17.2 Å². The van der Waals surface area contributed by atoms with Gasteiger partial charge in [0.25, 0.3) is 0 Å². The standard InChI is InChI=1S/C22H28O5/c1-7-22(5,10-8-9-12(2)3)17-15(23)11-14-16(20(17)26)18(24)13(4)21(27-6)19(14)25/h7,9,11,23-26H,1,8,10H2,2-6H3. The zero-order valence-electron chi connectivity index (χ0n) is 16.6. The third-order valence-electron chi connectivity index (χ3n) is 5.12. The minimum absolute atomic E-state index is 0.0777. The van der Waals surface area contributed by atoms with Crippen LogP contribution >= 0.6 is 0 Å². The molecule has 0 aliphatic carbocycles. The number of phenolic OH excluding ortho intramolecular Hbond substituents is 4. The van der Waals surface area contributed by atoms with E-state index in [1.807, 2.05) is 20.8 Å². The molecule has 0 heterocycles. The summed E-state index contributed by atoms with van der Waals surface area (Å²) in [4.78, 5) is 0. The van der Waals surface area contributed by atoms with Crippen molar-refractivity contribution in [1.29, 1.82) is 0 Å². The van der Waals surface area contributed by atoms with Crippen molar-refractivity contribution in [2.45, 2.75) is 46.0 Å². The van der Waals surface area contributed by atoms with Crippen LogP contribution in [0.4, 0.5) is 0 Å². The Kier molecular flexibility index (Phi) is 5.64. The lowest BCUT2D eigenvalue weighted by atomic mass is 9.76. The Morgan fingerprint density at radius 2 is 1.78 bits per heavy atom. The van der Waals surface area contributed by atoms with Crippen LogP contribution < -0.4 is 4.74 Å². The maximum atomic E-state index is 11.0. The van der Waals surface area contributed by atoms with E-state index >= 15 is 0 Å². The van der Waals surface area contributed by atoms with Gasteiger partial charge in [-0.2, -0.15) is 0 Å². The maximum absolute atomic E-state index is 11.0. The van der Waals surface area contributed by atoms with E-state index in [4.69, 9.17) is 4.74 Å². The van der Waals surface area contributed by atoms with E-state index < -0.39 is 5.41 Å². The normalized spacial score (nSPS) is 13.2. The average Bonchev–Trinajstić information content (AvgIpc) is 2.59. The Balaban J connectivity index is 2.81. The van der Waals surface area contributed by atoms with Crippen molar-refractivity contribution in [2.24, 2.45) is 0 Å². The molecule has 0 fully saturated rings. The fraction of sp³-hybridized carbons (Fsp3) is 0.364. The van der Waals surface area contributed by atoms with E-state index in [1.54, 1.807) is 13.0 Å². The molecule has 0 amide bonds. The molecule has 2 rings (SSSR count). The molecule has 0 aliphatic heterocycles. The van der Waals surface area contributed by atoms with Crippen molar-refractivity contribution in [2.75, 3.05) is 7.11 Å². The van der Waals surface area contributed by atoms with Gasteiger partial charge in [0.05, 0.1) is 12.5 Å². The number of fused-ring (bicyclic) bond motifs is 1. The molecule has 2 aromatic rings. The highest BCUT2D eigenvalue weighted by Gasteiger charge is 2.32. The zero-order valence-corrected chi connectivity index (χ0v) is 16.6. The minimum Gasteiger partial charge on any atom is -0.507 e. The molecule has 1 atom stereocenters. The highest BCUT2D eigenvalue weighted by atomic mass is 16.5. The van der Waals surface area contributed by atoms with Crippen LogP contribution in [0.5, 0.6) is 28.7 Å². The van der Waals surface area contributed by atoms with E-state index in [0.717, 1.165) is 6.42 Å². The Morgan fingerprint density at radius 1 is 1.15 bits per heavy atom. The van der Waals surface area contributed by atoms with Gasteiger partial charge < -0.3 is 25.2 Å². The molecule has 5 nitrogen and oxygen atoms in total. The van der Waals surface area contributed by atoms with Gasteiger partial charge in [0, 0.05) is 21.9 Å². The predicted molar refractivity (Wildman–Crippen MR) is 108 cm³/mol. The van der Waals surface area contributed by atoms with E-state index in [1.165, 1.54) is 18.7 Å². The van der Waals surface area contributed by atoms with Gasteiger partial charge in [-0.1, -0.05) is 24.6 Å². The second-order valence-electron chi connectivity index (χ2n) is 7.34. The van der Waals surface area contributed by atoms with Crippen LogP contribution in [-0.2, 0) is 5.41 Å². The fourth-order valence-corrected chi connectivity index (χ4v) is 3.48. The van der Waals surface area contributed by atoms with Crippen molar-refractivity contribution in [3.8, 4) is 28.7 Å². The molecule has 146 valence electrons. The highest BCUT2D eigenvalue weighted by molar-refractivity contribution is 6.02. The first kappa shape index (κ1) is 20.5. The van der Waals surface area contributed by atoms with E-state index in [0.29, 0.717) is 12.0 Å². The molecule has 4 N–H and O–H groups in total. The van der Waals surface area contributed by atoms with Gasteiger partial charge in [0.2, 0.25) is 0 Å². The molecule has 0 saturated heterocycles. The van der Waals surface area contributed by atoms with Crippen LogP contribution in [0.25, 0.3) is 10.8 Å². The second kappa shape index (κ2) is 7.43. The Hall–Kier alpha value is -2.82. The summed E-state index contributed by atoms with van der Waals surface area (Å²) in [5.74, 6) is -0.802. The fourth-order valence-electron chi connectivity index (χ4n) is 3.48. The largest absolute Gasteiger partial charge is 0.507 e. The van der Waals surface area contributed by atoms with Crippen molar-refractivity contribution >= 4 is 10.8 Å². The Morgan fingerprint density at radius 3 is 2.30 bits per heavy atom. The summed E-state index contributed by atoms with van der Waals surface area (Å²) in [5, 5.41) is 42.9. The molecule has 0 radical (unpaired) electrons. The minimum atomic E-state index is -0.732. The monoisotopic (exact) mass is 372 g/mol. The highest BCUT2D eigenvalue weighted by Crippen LogP contribution is 2.53. The summed E-state index contributed by atoms with van der Waals surface area (Å²) in [6, 6.07) is 1.34. The van der Waals surface area contributed by atoms with Crippen LogP contribution in [0.1, 0.15) is 44.7 Å². The number of rotatable bonds is 6. The second-order valence-corrected chi connectivity index (χ2v) is 7.34. The summed E-state index contributed by atoms with van der Waals surface area (Å²) in [6.07, 6.45) is 5.10. The number of allylic oxidation sites excluding steroid dienone is 3. The Bertz CT molecular complexity index is 923. The maximum Gasteiger partial charge on any atom is 0.167 e. The molecule has 2 aromatic carbocycles. The van der Waals surface area contributed by atoms with Crippen molar-refractivity contribution < 1.29 is 25.2 Å². The number of aromatic hydroxyl groups is 4. The molecular formula is C22H28O5. The summed E-state index contributed by atoms with van der Waals surface area (Å²) < 4.78 is 5.14. The zero-order chi connectivity index (χ0) is 20.5. The van der Waals surface area contributed by atoms with Gasteiger partial charge in [-0.3, -0.25) is 0 Å². The van der Waals surface area contributed by atoms with Crippen LogP contribution in [-0.4, -0.2) is 27.5 Å². The summed E-state index contributed by atoms with van der Waals surface area (Å²) in [5.41, 5.74) is 1.02. The lowest BCUT2D eigenvalue weighted by Gasteiger charge is -2.29. The van der Waals surface area contributed by atoms with E-state index in [2.05, 4.69) is 12.7 Å². The molecule has 0 bridgehead atoms. The number of ether oxygens (including phenoxy) is 1. The number of benzene rings is 2. The van der Waals surface area contributed by atoms with Crippen LogP contribution in [0.15, 0.2) is 30.4 Å².